The summed E-state index contributed by atoms with van der Waals surface area (Å²) in [5.74, 6) is -0.994. The van der Waals surface area contributed by atoms with E-state index in [1.807, 2.05) is 32.0 Å². The maximum Gasteiger partial charge on any atom is 0.337 e. The maximum absolute atomic E-state index is 12.7. The average molecular weight is 464 g/mol. The van der Waals surface area contributed by atoms with Crippen molar-refractivity contribution in [3.8, 4) is 6.07 Å². The molecule has 1 atom stereocenters. The molecule has 7 nitrogen and oxygen atoms in total. The van der Waals surface area contributed by atoms with Crippen LogP contribution in [0.15, 0.2) is 75.5 Å². The zero-order valence-electron chi connectivity index (χ0n) is 18.7. The summed E-state index contributed by atoms with van der Waals surface area (Å²) in [5.41, 5.74) is 4.04. The van der Waals surface area contributed by atoms with E-state index in [9.17, 15) is 14.9 Å². The van der Waals surface area contributed by atoms with Gasteiger partial charge in [0.1, 0.15) is 12.4 Å². The largest absolute Gasteiger partial charge is 0.468 e. The van der Waals surface area contributed by atoms with Gasteiger partial charge in [0.25, 0.3) is 0 Å². The number of furan rings is 1. The number of carbonyl (C=O) groups excluding carboxylic acids is 2. The zero-order chi connectivity index (χ0) is 24.0. The van der Waals surface area contributed by atoms with E-state index in [1.165, 1.54) is 24.1 Å². The summed E-state index contributed by atoms with van der Waals surface area (Å²) in [6.07, 6.45) is 2.96. The lowest BCUT2D eigenvalue weighted by atomic mass is 9.86. The normalized spacial score (nSPS) is 15.5. The Kier molecular flexibility index (Phi) is 7.80. The molecule has 8 heteroatoms. The highest BCUT2D eigenvalue weighted by atomic mass is 32.2. The molecule has 0 fully saturated rings. The van der Waals surface area contributed by atoms with Gasteiger partial charge in [-0.2, -0.15) is 5.26 Å². The Morgan fingerprint density at radius 2 is 2.09 bits per heavy atom. The molecule has 0 bridgehead atoms. The number of rotatable bonds is 8. The predicted octanol–water partition coefficient (Wildman–Crippen LogP) is 4.69. The molecule has 1 aromatic heterocycles. The molecule has 2 N–H and O–H groups in total. The fourth-order valence-electron chi connectivity index (χ4n) is 3.40. The summed E-state index contributed by atoms with van der Waals surface area (Å²) in [6, 6.07) is 11.3. The number of dihydropyridines is 1. The minimum atomic E-state index is -0.742. The molecule has 2 heterocycles. The number of aryl methyl sites for hydroxylation is 2. The predicted molar refractivity (Wildman–Crippen MR) is 128 cm³/mol. The maximum atomic E-state index is 12.7. The van der Waals surface area contributed by atoms with E-state index in [4.69, 9.17) is 9.15 Å². The van der Waals surface area contributed by atoms with Crippen LogP contribution >= 0.6 is 11.8 Å². The Hall–Kier alpha value is -3.70. The smallest absolute Gasteiger partial charge is 0.337 e. The van der Waals surface area contributed by atoms with Crippen molar-refractivity contribution in [3.05, 3.63) is 88.0 Å². The van der Waals surface area contributed by atoms with Crippen molar-refractivity contribution >= 4 is 29.3 Å². The number of carbonyl (C=O) groups is 2. The number of nitrogens with zero attached hydrogens (tertiary/aromatic N) is 1. The fraction of sp³-hybridized carbons (Fsp3) is 0.240. The van der Waals surface area contributed by atoms with Crippen LogP contribution < -0.4 is 10.6 Å². The molecule has 170 valence electrons. The summed E-state index contributed by atoms with van der Waals surface area (Å²) in [6.45, 7) is 9.32. The van der Waals surface area contributed by atoms with Crippen LogP contribution in [0.25, 0.3) is 0 Å². The molecule has 0 spiro atoms. The highest BCUT2D eigenvalue weighted by Gasteiger charge is 2.37. The number of hydrogen-bond donors (Lipinski definition) is 2. The van der Waals surface area contributed by atoms with Crippen LogP contribution in [0.4, 0.5) is 5.69 Å². The van der Waals surface area contributed by atoms with Gasteiger partial charge >= 0.3 is 5.97 Å². The van der Waals surface area contributed by atoms with Gasteiger partial charge in [-0.1, -0.05) is 30.5 Å². The van der Waals surface area contributed by atoms with Crippen LogP contribution in [0.3, 0.4) is 0 Å². The van der Waals surface area contributed by atoms with E-state index in [-0.39, 0.29) is 29.4 Å². The highest BCUT2D eigenvalue weighted by Crippen LogP contribution is 2.41. The van der Waals surface area contributed by atoms with E-state index < -0.39 is 11.9 Å². The number of esters is 1. The molecule has 2 aromatic rings. The Balaban J connectivity index is 1.83. The third-order valence-electron chi connectivity index (χ3n) is 5.17. The Morgan fingerprint density at radius 3 is 2.73 bits per heavy atom. The summed E-state index contributed by atoms with van der Waals surface area (Å²) in [5, 5.41) is 16.4. The van der Waals surface area contributed by atoms with Crippen LogP contribution in [0.2, 0.25) is 0 Å². The van der Waals surface area contributed by atoms with Crippen molar-refractivity contribution in [2.24, 2.45) is 0 Å². The molecule has 1 amide bonds. The average Bonchev–Trinajstić information content (AvgIpc) is 3.32. The fourth-order valence-corrected chi connectivity index (χ4v) is 4.30. The number of nitrogens with one attached hydrogen (secondary N) is 2. The lowest BCUT2D eigenvalue weighted by molar-refractivity contribution is -0.138. The topological polar surface area (TPSA) is 104 Å². The number of benzene rings is 1. The number of anilines is 1. The minimum absolute atomic E-state index is 0.0480. The zero-order valence-corrected chi connectivity index (χ0v) is 19.5. The molecule has 0 saturated heterocycles. The third-order valence-corrected chi connectivity index (χ3v) is 6.18. The monoisotopic (exact) mass is 463 g/mol. The number of ether oxygens (including phenoxy) is 1. The van der Waals surface area contributed by atoms with Crippen LogP contribution in [0.5, 0.6) is 0 Å². The molecule has 0 aliphatic carbocycles. The van der Waals surface area contributed by atoms with E-state index in [0.29, 0.717) is 22.2 Å². The van der Waals surface area contributed by atoms with Crippen LogP contribution in [-0.2, 0) is 14.3 Å². The van der Waals surface area contributed by atoms with Crippen molar-refractivity contribution in [1.29, 1.82) is 5.26 Å². The van der Waals surface area contributed by atoms with Crippen molar-refractivity contribution in [2.75, 3.05) is 17.7 Å². The van der Waals surface area contributed by atoms with Gasteiger partial charge in [-0.25, -0.2) is 4.79 Å². The first-order chi connectivity index (χ1) is 15.8. The summed E-state index contributed by atoms with van der Waals surface area (Å²) >= 11 is 1.19. The van der Waals surface area contributed by atoms with Gasteiger partial charge in [-0.3, -0.25) is 4.79 Å². The van der Waals surface area contributed by atoms with E-state index >= 15 is 0 Å². The summed E-state index contributed by atoms with van der Waals surface area (Å²) < 4.78 is 10.8. The first-order valence-corrected chi connectivity index (χ1v) is 11.3. The lowest BCUT2D eigenvalue weighted by Crippen LogP contribution is -2.29. The van der Waals surface area contributed by atoms with Gasteiger partial charge in [0.15, 0.2) is 0 Å². The third kappa shape index (κ3) is 5.57. The van der Waals surface area contributed by atoms with Crippen molar-refractivity contribution in [2.45, 2.75) is 26.7 Å². The van der Waals surface area contributed by atoms with Gasteiger partial charge in [0.05, 0.1) is 40.2 Å². The molecular formula is C25H25N3O4S. The molecule has 33 heavy (non-hydrogen) atoms. The number of hydrogen-bond acceptors (Lipinski definition) is 7. The molecule has 0 radical (unpaired) electrons. The molecule has 1 aliphatic heterocycles. The van der Waals surface area contributed by atoms with Gasteiger partial charge < -0.3 is 19.8 Å². The highest BCUT2D eigenvalue weighted by molar-refractivity contribution is 8.03. The Morgan fingerprint density at radius 1 is 1.30 bits per heavy atom. The van der Waals surface area contributed by atoms with Crippen molar-refractivity contribution in [3.63, 3.8) is 0 Å². The number of nitriles is 1. The summed E-state index contributed by atoms with van der Waals surface area (Å²) in [7, 11) is 0. The molecular weight excluding hydrogens is 438 g/mol. The lowest BCUT2D eigenvalue weighted by Gasteiger charge is -2.27. The quantitative estimate of drug-likeness (QED) is 0.432. The van der Waals surface area contributed by atoms with E-state index in [1.54, 1.807) is 19.1 Å². The molecule has 0 saturated carbocycles. The standard InChI is InChI=1S/C25H25N3O4S/c1-5-10-32-25(30)22-17(4)27-24(19(13-26)23(22)20-7-6-11-31-20)33-14-21(29)28-18-9-8-15(2)16(3)12-18/h5-9,11-12,23,27H,1,10,14H2,2-4H3,(H,28,29). The first-order valence-electron chi connectivity index (χ1n) is 10.3. The van der Waals surface area contributed by atoms with Crippen molar-refractivity contribution in [1.82, 2.24) is 5.32 Å². The Bertz CT molecular complexity index is 1170. The number of amides is 1. The van der Waals surface area contributed by atoms with Crippen LogP contribution in [0.1, 0.15) is 29.7 Å². The molecule has 1 aliphatic rings. The summed E-state index contributed by atoms with van der Waals surface area (Å²) in [4.78, 5) is 25.3. The number of thioether (sulfide) groups is 1. The molecule has 3 rings (SSSR count). The van der Waals surface area contributed by atoms with Gasteiger partial charge in [-0.05, 0) is 56.2 Å². The number of allylic oxidation sites excluding steroid dienone is 2. The van der Waals surface area contributed by atoms with Crippen LogP contribution in [0, 0.1) is 25.2 Å². The van der Waals surface area contributed by atoms with E-state index in [2.05, 4.69) is 23.3 Å². The second-order valence-corrected chi connectivity index (χ2v) is 8.48. The van der Waals surface area contributed by atoms with Crippen LogP contribution in [-0.4, -0.2) is 24.2 Å². The molecule has 1 unspecified atom stereocenters. The van der Waals surface area contributed by atoms with Gasteiger partial charge in [-0.15, -0.1) is 0 Å². The van der Waals surface area contributed by atoms with E-state index in [0.717, 1.165) is 11.1 Å². The minimum Gasteiger partial charge on any atom is -0.468 e. The van der Waals surface area contributed by atoms with Crippen molar-refractivity contribution < 1.29 is 18.7 Å². The second kappa shape index (κ2) is 10.7. The van der Waals surface area contributed by atoms with Gasteiger partial charge in [0, 0.05) is 11.4 Å². The molecule has 1 aromatic carbocycles. The first kappa shape index (κ1) is 24.0. The SMILES string of the molecule is C=CCOC(=O)C1=C(C)NC(SCC(=O)Nc2ccc(C)c(C)c2)=C(C#N)C1c1ccco1. The second-order valence-electron chi connectivity index (χ2n) is 7.49. The Labute approximate surface area is 197 Å². The van der Waals surface area contributed by atoms with Gasteiger partial charge in [0.2, 0.25) is 5.91 Å².